The van der Waals surface area contributed by atoms with E-state index in [0.29, 0.717) is 0 Å². The molecule has 0 aliphatic rings. The number of carbonyl (C=O) groups is 1. The maximum Gasteiger partial charge on any atom is 0.573 e. The topological polar surface area (TPSA) is 60.4 Å². The quantitative estimate of drug-likeness (QED) is 0.610. The van der Waals surface area contributed by atoms with Gasteiger partial charge in [0, 0.05) is 11.5 Å². The Bertz CT molecular complexity index is 915. The van der Waals surface area contributed by atoms with Crippen molar-refractivity contribution >= 4 is 15.6 Å². The second-order valence-electron chi connectivity index (χ2n) is 6.88. The minimum absolute atomic E-state index is 0.130. The van der Waals surface area contributed by atoms with Crippen LogP contribution in [0.25, 0.3) is 0 Å². The van der Waals surface area contributed by atoms with Gasteiger partial charge in [-0.3, -0.25) is 4.79 Å². The summed E-state index contributed by atoms with van der Waals surface area (Å²) in [6.45, 7) is 5.30. The van der Waals surface area contributed by atoms with Gasteiger partial charge in [0.2, 0.25) is 0 Å². The molecule has 0 saturated carbocycles. The zero-order valence-corrected chi connectivity index (χ0v) is 16.5. The number of hydrogen-bond donors (Lipinski definition) is 0. The van der Waals surface area contributed by atoms with Gasteiger partial charge in [-0.25, -0.2) is 8.42 Å². The summed E-state index contributed by atoms with van der Waals surface area (Å²) in [6, 6.07) is 10.8. The van der Waals surface area contributed by atoms with E-state index in [9.17, 15) is 26.4 Å². The Kier molecular flexibility index (Phi) is 6.54. The molecule has 0 spiro atoms. The minimum Gasteiger partial charge on any atom is -0.406 e. The fourth-order valence-corrected chi connectivity index (χ4v) is 4.44. The smallest absolute Gasteiger partial charge is 0.406 e. The van der Waals surface area contributed by atoms with Gasteiger partial charge >= 0.3 is 6.36 Å². The zero-order valence-electron chi connectivity index (χ0n) is 15.7. The summed E-state index contributed by atoms with van der Waals surface area (Å²) in [5, 5.41) is 0. The van der Waals surface area contributed by atoms with Crippen LogP contribution in [-0.2, 0) is 9.84 Å². The summed E-state index contributed by atoms with van der Waals surface area (Å²) in [7, 11) is -3.70. The molecule has 0 aliphatic carbocycles. The van der Waals surface area contributed by atoms with E-state index >= 15 is 0 Å². The molecule has 1 atom stereocenters. The number of sulfone groups is 1. The number of halogens is 3. The van der Waals surface area contributed by atoms with E-state index in [4.69, 9.17) is 0 Å². The van der Waals surface area contributed by atoms with E-state index in [0.717, 1.165) is 17.7 Å². The Morgan fingerprint density at radius 2 is 1.54 bits per heavy atom. The van der Waals surface area contributed by atoms with E-state index in [-0.39, 0.29) is 22.1 Å². The highest BCUT2D eigenvalue weighted by molar-refractivity contribution is 7.91. The summed E-state index contributed by atoms with van der Waals surface area (Å²) in [6.07, 6.45) is -4.83. The van der Waals surface area contributed by atoms with E-state index in [1.54, 1.807) is 26.0 Å². The number of benzene rings is 2. The predicted octanol–water partition coefficient (Wildman–Crippen LogP) is 4.82. The molecular formula is C20H21F3O4S. The van der Waals surface area contributed by atoms with Gasteiger partial charge in [-0.2, -0.15) is 0 Å². The van der Waals surface area contributed by atoms with Gasteiger partial charge in [-0.15, -0.1) is 13.2 Å². The lowest BCUT2D eigenvalue weighted by molar-refractivity contribution is -0.274. The second-order valence-corrected chi connectivity index (χ2v) is 8.92. The van der Waals surface area contributed by atoms with Gasteiger partial charge in [-0.1, -0.05) is 31.5 Å². The van der Waals surface area contributed by atoms with Crippen molar-refractivity contribution in [2.75, 3.05) is 5.75 Å². The molecular weight excluding hydrogens is 393 g/mol. The van der Waals surface area contributed by atoms with E-state index in [2.05, 4.69) is 4.74 Å². The van der Waals surface area contributed by atoms with Crippen molar-refractivity contribution in [2.45, 2.75) is 32.0 Å². The van der Waals surface area contributed by atoms with Crippen LogP contribution >= 0.6 is 0 Å². The summed E-state index contributed by atoms with van der Waals surface area (Å²) in [4.78, 5) is 12.9. The second kappa shape index (κ2) is 8.34. The lowest BCUT2D eigenvalue weighted by Gasteiger charge is -2.20. The first-order valence-electron chi connectivity index (χ1n) is 8.58. The summed E-state index contributed by atoms with van der Waals surface area (Å²) < 4.78 is 66.0. The molecule has 0 aliphatic heterocycles. The molecule has 0 radical (unpaired) electrons. The molecule has 0 N–H and O–H groups in total. The van der Waals surface area contributed by atoms with Crippen molar-refractivity contribution in [1.82, 2.24) is 0 Å². The van der Waals surface area contributed by atoms with Crippen LogP contribution in [0, 0.1) is 18.8 Å². The van der Waals surface area contributed by atoms with Crippen molar-refractivity contribution in [3.05, 3.63) is 59.7 Å². The van der Waals surface area contributed by atoms with Crippen molar-refractivity contribution in [3.8, 4) is 5.75 Å². The lowest BCUT2D eigenvalue weighted by Crippen LogP contribution is -2.28. The van der Waals surface area contributed by atoms with E-state index < -0.39 is 33.7 Å². The third-order valence-corrected chi connectivity index (χ3v) is 6.08. The Balaban J connectivity index is 2.23. The standard InChI is InChI=1S/C20H21F3O4S/c1-13(2)18(12-28(25,26)17-10-4-14(3)5-11-17)19(24)15-6-8-16(9-7-15)27-20(21,22)23/h4-11,13,18H,12H2,1-3H3. The van der Waals surface area contributed by atoms with Crippen LogP contribution in [0.4, 0.5) is 13.2 Å². The Hall–Kier alpha value is -2.35. The summed E-state index contributed by atoms with van der Waals surface area (Å²) in [5.41, 5.74) is 1.05. The van der Waals surface area contributed by atoms with Gasteiger partial charge in [0.25, 0.3) is 0 Å². The highest BCUT2D eigenvalue weighted by Gasteiger charge is 2.32. The third-order valence-electron chi connectivity index (χ3n) is 4.29. The van der Waals surface area contributed by atoms with Crippen LogP contribution in [0.15, 0.2) is 53.4 Å². The Morgan fingerprint density at radius 3 is 2.00 bits per heavy atom. The predicted molar refractivity (Wildman–Crippen MR) is 99.0 cm³/mol. The highest BCUT2D eigenvalue weighted by Crippen LogP contribution is 2.26. The van der Waals surface area contributed by atoms with Gasteiger partial charge in [0.15, 0.2) is 15.6 Å². The molecule has 2 rings (SSSR count). The molecule has 28 heavy (non-hydrogen) atoms. The molecule has 0 saturated heterocycles. The molecule has 1 unspecified atom stereocenters. The molecule has 8 heteroatoms. The molecule has 2 aromatic carbocycles. The number of carbonyl (C=O) groups excluding carboxylic acids is 1. The minimum atomic E-state index is -4.83. The third kappa shape index (κ3) is 5.82. The van der Waals surface area contributed by atoms with E-state index in [1.165, 1.54) is 24.3 Å². The molecule has 152 valence electrons. The van der Waals surface area contributed by atoms with Crippen LogP contribution < -0.4 is 4.74 Å². The van der Waals surface area contributed by atoms with Crippen LogP contribution in [-0.4, -0.2) is 26.3 Å². The molecule has 2 aromatic rings. The van der Waals surface area contributed by atoms with Crippen LogP contribution in [0.1, 0.15) is 29.8 Å². The fourth-order valence-electron chi connectivity index (χ4n) is 2.68. The lowest BCUT2D eigenvalue weighted by atomic mass is 9.89. The summed E-state index contributed by atoms with van der Waals surface area (Å²) in [5.74, 6) is -2.38. The molecule has 0 heterocycles. The molecule has 4 nitrogen and oxygen atoms in total. The molecule has 0 amide bonds. The van der Waals surface area contributed by atoms with Crippen molar-refractivity contribution in [1.29, 1.82) is 0 Å². The van der Waals surface area contributed by atoms with Gasteiger partial charge < -0.3 is 4.74 Å². The van der Waals surface area contributed by atoms with Gasteiger partial charge in [-0.05, 0) is 49.2 Å². The molecule has 0 aromatic heterocycles. The first-order valence-corrected chi connectivity index (χ1v) is 10.2. The van der Waals surface area contributed by atoms with Crippen molar-refractivity contribution in [3.63, 3.8) is 0 Å². The number of Topliss-reactive ketones (excluding diaryl/α,β-unsaturated/α-hetero) is 1. The number of hydrogen-bond acceptors (Lipinski definition) is 4. The number of aryl methyl sites for hydroxylation is 1. The monoisotopic (exact) mass is 414 g/mol. The first-order chi connectivity index (χ1) is 12.9. The zero-order chi connectivity index (χ0) is 21.1. The van der Waals surface area contributed by atoms with Crippen molar-refractivity contribution in [2.24, 2.45) is 11.8 Å². The van der Waals surface area contributed by atoms with Gasteiger partial charge in [0.1, 0.15) is 5.75 Å². The number of ether oxygens (including phenoxy) is 1. The van der Waals surface area contributed by atoms with Crippen LogP contribution in [0.2, 0.25) is 0 Å². The van der Waals surface area contributed by atoms with Crippen LogP contribution in [0.5, 0.6) is 5.75 Å². The number of rotatable bonds is 7. The Morgan fingerprint density at radius 1 is 1.00 bits per heavy atom. The maximum absolute atomic E-state index is 12.8. The highest BCUT2D eigenvalue weighted by atomic mass is 32.2. The number of ketones is 1. The van der Waals surface area contributed by atoms with Gasteiger partial charge in [0.05, 0.1) is 10.6 Å². The molecule has 0 bridgehead atoms. The normalized spacial score (nSPS) is 13.4. The maximum atomic E-state index is 12.8. The fraction of sp³-hybridized carbons (Fsp3) is 0.350. The number of alkyl halides is 3. The first kappa shape index (κ1) is 21.9. The SMILES string of the molecule is Cc1ccc(S(=O)(=O)CC(C(=O)c2ccc(OC(F)(F)F)cc2)C(C)C)cc1. The Labute approximate surface area is 162 Å². The van der Waals surface area contributed by atoms with Crippen LogP contribution in [0.3, 0.4) is 0 Å². The summed E-state index contributed by atoms with van der Waals surface area (Å²) >= 11 is 0. The molecule has 0 fully saturated rings. The van der Waals surface area contributed by atoms with E-state index in [1.807, 2.05) is 6.92 Å². The van der Waals surface area contributed by atoms with Crippen molar-refractivity contribution < 1.29 is 31.1 Å². The average Bonchev–Trinajstić information content (AvgIpc) is 2.58. The average molecular weight is 414 g/mol. The largest absolute Gasteiger partial charge is 0.573 e.